The van der Waals surface area contributed by atoms with Gasteiger partial charge in [0, 0.05) is 19.1 Å². The lowest BCUT2D eigenvalue weighted by Crippen LogP contribution is -2.06. The molecule has 206 valence electrons. The topological polar surface area (TPSA) is 18.5 Å². The smallest absolute Gasteiger partial charge is 0.387 e. The van der Waals surface area contributed by atoms with E-state index in [-0.39, 0.29) is 24.2 Å². The van der Waals surface area contributed by atoms with Crippen LogP contribution in [0.5, 0.6) is 5.75 Å². The van der Waals surface area contributed by atoms with Gasteiger partial charge in [0.05, 0.1) is 0 Å². The van der Waals surface area contributed by atoms with E-state index < -0.39 is 29.8 Å². The Labute approximate surface area is 223 Å². The summed E-state index contributed by atoms with van der Waals surface area (Å²) in [5.74, 6) is -4.30. The van der Waals surface area contributed by atoms with Crippen molar-refractivity contribution in [3.05, 3.63) is 112 Å². The molecule has 0 atom stereocenters. The highest BCUT2D eigenvalue weighted by atomic mass is 19.3. The van der Waals surface area contributed by atoms with Crippen molar-refractivity contribution in [3.63, 3.8) is 0 Å². The molecule has 4 aromatic carbocycles. The number of ether oxygens (including phenoxy) is 2. The summed E-state index contributed by atoms with van der Waals surface area (Å²) in [5.41, 5.74) is 3.04. The van der Waals surface area contributed by atoms with E-state index in [0.717, 1.165) is 36.1 Å². The lowest BCUT2D eigenvalue weighted by Gasteiger charge is -2.11. The van der Waals surface area contributed by atoms with Gasteiger partial charge in [0.2, 0.25) is 0 Å². The highest BCUT2D eigenvalue weighted by molar-refractivity contribution is 5.84. The average molecular weight is 547 g/mol. The van der Waals surface area contributed by atoms with E-state index in [4.69, 9.17) is 4.74 Å². The van der Waals surface area contributed by atoms with Crippen LogP contribution < -0.4 is 4.74 Å². The minimum Gasteiger partial charge on any atom is -0.429 e. The predicted octanol–water partition coefficient (Wildman–Crippen LogP) is 8.15. The van der Waals surface area contributed by atoms with Crippen molar-refractivity contribution in [1.29, 1.82) is 0 Å². The van der Waals surface area contributed by atoms with Crippen molar-refractivity contribution >= 4 is 10.8 Å². The fourth-order valence-corrected chi connectivity index (χ4v) is 4.62. The molecular formula is C31H28F6O2. The van der Waals surface area contributed by atoms with Gasteiger partial charge in [0.25, 0.3) is 0 Å². The Morgan fingerprint density at radius 1 is 0.641 bits per heavy atom. The number of rotatable bonds is 12. The minimum atomic E-state index is -3.35. The van der Waals surface area contributed by atoms with Crippen LogP contribution >= 0.6 is 0 Å². The number of methoxy groups -OCH3 is 1. The van der Waals surface area contributed by atoms with Gasteiger partial charge in [0.15, 0.2) is 17.4 Å². The van der Waals surface area contributed by atoms with Crippen molar-refractivity contribution in [3.8, 4) is 5.75 Å². The second kappa shape index (κ2) is 13.0. The van der Waals surface area contributed by atoms with Crippen LogP contribution in [0.25, 0.3) is 10.8 Å². The lowest BCUT2D eigenvalue weighted by molar-refractivity contribution is -0.0546. The number of fused-ring (bicyclic) bond motifs is 1. The van der Waals surface area contributed by atoms with Crippen molar-refractivity contribution in [2.45, 2.75) is 45.1 Å². The van der Waals surface area contributed by atoms with E-state index in [1.54, 1.807) is 37.4 Å². The largest absolute Gasteiger partial charge is 0.429 e. The molecule has 0 bridgehead atoms. The van der Waals surface area contributed by atoms with E-state index in [2.05, 4.69) is 4.74 Å². The third-order valence-electron chi connectivity index (χ3n) is 6.66. The van der Waals surface area contributed by atoms with Gasteiger partial charge in [-0.15, -0.1) is 0 Å². The number of benzene rings is 4. The summed E-state index contributed by atoms with van der Waals surface area (Å²) in [6.45, 7) is -2.72. The summed E-state index contributed by atoms with van der Waals surface area (Å²) in [5, 5.41) is 1.09. The van der Waals surface area contributed by atoms with Crippen LogP contribution in [-0.4, -0.2) is 20.3 Å². The first-order valence-electron chi connectivity index (χ1n) is 12.6. The molecule has 0 fully saturated rings. The predicted molar refractivity (Wildman–Crippen MR) is 138 cm³/mol. The third kappa shape index (κ3) is 7.32. The summed E-state index contributed by atoms with van der Waals surface area (Å²) in [6, 6.07) is 15.8. The lowest BCUT2D eigenvalue weighted by atomic mass is 9.97. The second-order valence-electron chi connectivity index (χ2n) is 9.38. The first kappa shape index (κ1) is 28.5. The van der Waals surface area contributed by atoms with Crippen LogP contribution in [0.15, 0.2) is 60.7 Å². The molecule has 0 aliphatic carbocycles. The molecule has 4 aromatic rings. The van der Waals surface area contributed by atoms with Crippen molar-refractivity contribution in [2.75, 3.05) is 13.7 Å². The van der Waals surface area contributed by atoms with E-state index in [1.807, 2.05) is 18.2 Å². The number of hydrogen-bond donors (Lipinski definition) is 0. The third-order valence-corrected chi connectivity index (χ3v) is 6.66. The molecule has 4 rings (SSSR count). The first-order chi connectivity index (χ1) is 18.7. The van der Waals surface area contributed by atoms with Gasteiger partial charge in [-0.3, -0.25) is 0 Å². The van der Waals surface area contributed by atoms with Crippen molar-refractivity contribution in [1.82, 2.24) is 0 Å². The van der Waals surface area contributed by atoms with Gasteiger partial charge in [0.1, 0.15) is 11.6 Å². The summed E-state index contributed by atoms with van der Waals surface area (Å²) in [6.07, 6.45) is 2.91. The maximum absolute atomic E-state index is 15.2. The fraction of sp³-hybridized carbons (Fsp3) is 0.290. The maximum Gasteiger partial charge on any atom is 0.387 e. The quantitative estimate of drug-likeness (QED) is 0.132. The van der Waals surface area contributed by atoms with Gasteiger partial charge in [-0.2, -0.15) is 8.78 Å². The Morgan fingerprint density at radius 2 is 1.26 bits per heavy atom. The molecule has 0 spiro atoms. The highest BCUT2D eigenvalue weighted by Gasteiger charge is 2.17. The zero-order valence-corrected chi connectivity index (χ0v) is 21.4. The summed E-state index contributed by atoms with van der Waals surface area (Å²) < 4.78 is 91.3. The molecule has 0 saturated carbocycles. The molecule has 0 radical (unpaired) electrons. The Balaban J connectivity index is 1.41. The van der Waals surface area contributed by atoms with E-state index in [0.29, 0.717) is 41.3 Å². The fourth-order valence-electron chi connectivity index (χ4n) is 4.62. The van der Waals surface area contributed by atoms with Crippen LogP contribution in [0, 0.1) is 23.3 Å². The van der Waals surface area contributed by atoms with E-state index >= 15 is 4.39 Å². The zero-order chi connectivity index (χ0) is 27.9. The first-order valence-corrected chi connectivity index (χ1v) is 12.6. The molecule has 2 nitrogen and oxygen atoms in total. The standard InChI is InChI=1S/C31H28F6O2/c1-38-14-2-3-19-4-8-22(26(32)16-19)9-5-20-7-13-25-24(15-20)12-11-23(29(25)35)10-6-21-17-27(33)30(28(34)18-21)39-31(36)37/h4,7-8,11-13,15-18,31H,2-3,5-6,9-10,14H2,1H3. The molecule has 8 heteroatoms. The highest BCUT2D eigenvalue weighted by Crippen LogP contribution is 2.28. The van der Waals surface area contributed by atoms with Crippen molar-refractivity contribution < 1.29 is 35.8 Å². The van der Waals surface area contributed by atoms with Crippen LogP contribution in [0.2, 0.25) is 0 Å². The Hall–Kier alpha value is -3.52. The van der Waals surface area contributed by atoms with Crippen LogP contribution in [-0.2, 0) is 36.8 Å². The summed E-state index contributed by atoms with van der Waals surface area (Å²) >= 11 is 0. The maximum atomic E-state index is 15.2. The van der Waals surface area contributed by atoms with Gasteiger partial charge in [-0.1, -0.05) is 42.5 Å². The summed E-state index contributed by atoms with van der Waals surface area (Å²) in [4.78, 5) is 0. The molecule has 0 aliphatic rings. The Kier molecular flexibility index (Phi) is 9.51. The van der Waals surface area contributed by atoms with Crippen LogP contribution in [0.1, 0.15) is 34.2 Å². The normalized spacial score (nSPS) is 11.5. The molecule has 0 saturated heterocycles. The number of halogens is 6. The number of alkyl halides is 2. The zero-order valence-electron chi connectivity index (χ0n) is 21.4. The van der Waals surface area contributed by atoms with Gasteiger partial charge >= 0.3 is 6.61 Å². The Bertz CT molecular complexity index is 1410. The summed E-state index contributed by atoms with van der Waals surface area (Å²) in [7, 11) is 1.64. The van der Waals surface area contributed by atoms with E-state index in [1.165, 1.54) is 0 Å². The molecule has 39 heavy (non-hydrogen) atoms. The average Bonchev–Trinajstić information content (AvgIpc) is 2.90. The Morgan fingerprint density at radius 3 is 1.95 bits per heavy atom. The molecule has 0 aromatic heterocycles. The SMILES string of the molecule is COCCCc1ccc(CCc2ccc3c(F)c(CCc4cc(F)c(OC(F)F)c(F)c4)ccc3c2)c(F)c1. The van der Waals surface area contributed by atoms with E-state index in [9.17, 15) is 22.0 Å². The van der Waals surface area contributed by atoms with Gasteiger partial charge in [-0.25, -0.2) is 17.6 Å². The van der Waals surface area contributed by atoms with Crippen LogP contribution in [0.4, 0.5) is 26.3 Å². The molecule has 0 amide bonds. The molecule has 0 heterocycles. The molecular weight excluding hydrogens is 518 g/mol. The van der Waals surface area contributed by atoms with Crippen molar-refractivity contribution in [2.24, 2.45) is 0 Å². The minimum absolute atomic E-state index is 0.0973. The molecule has 0 N–H and O–H groups in total. The molecule has 0 unspecified atom stereocenters. The number of aryl methyl sites for hydroxylation is 5. The number of hydrogen-bond acceptors (Lipinski definition) is 2. The van der Waals surface area contributed by atoms with Crippen LogP contribution in [0.3, 0.4) is 0 Å². The monoisotopic (exact) mass is 546 g/mol. The van der Waals surface area contributed by atoms with Gasteiger partial charge in [-0.05, 0) is 89.9 Å². The second-order valence-corrected chi connectivity index (χ2v) is 9.38. The molecule has 0 aliphatic heterocycles. The van der Waals surface area contributed by atoms with Gasteiger partial charge < -0.3 is 9.47 Å².